The number of carbonyl (C=O) groups excluding carboxylic acids is 1. The average molecular weight is 478 g/mol. The molecule has 35 heavy (non-hydrogen) atoms. The van der Waals surface area contributed by atoms with Crippen molar-refractivity contribution in [1.29, 1.82) is 0 Å². The second-order valence-corrected chi connectivity index (χ2v) is 8.03. The molecule has 3 aromatic rings. The first-order valence-corrected chi connectivity index (χ1v) is 11.2. The zero-order valence-corrected chi connectivity index (χ0v) is 19.5. The zero-order valence-electron chi connectivity index (χ0n) is 19.5. The van der Waals surface area contributed by atoms with E-state index in [1.165, 1.54) is 12.1 Å². The highest BCUT2D eigenvalue weighted by Gasteiger charge is 2.26. The van der Waals surface area contributed by atoms with E-state index >= 15 is 0 Å². The number of rotatable bonds is 7. The number of carbonyl (C=O) groups is 1. The molecule has 2 unspecified atom stereocenters. The summed E-state index contributed by atoms with van der Waals surface area (Å²) < 4.78 is 23.8. The normalized spacial score (nSPS) is 17.6. The molecule has 1 heterocycles. The fraction of sp³-hybridized carbons (Fsp3) is 0.231. The zero-order chi connectivity index (χ0) is 24.6. The molecule has 0 bridgehead atoms. The summed E-state index contributed by atoms with van der Waals surface area (Å²) in [6.45, 7) is 0.427. The number of methoxy groups -OCH3 is 2. The highest BCUT2D eigenvalue weighted by Crippen LogP contribution is 2.21. The second-order valence-electron chi connectivity index (χ2n) is 8.03. The molecule has 8 nitrogen and oxygen atoms in total. The van der Waals surface area contributed by atoms with E-state index < -0.39 is 5.91 Å². The Kier molecular flexibility index (Phi) is 7.92. The van der Waals surface area contributed by atoms with E-state index in [0.29, 0.717) is 30.2 Å². The quantitative estimate of drug-likeness (QED) is 0.306. The molecule has 9 heteroatoms. The molecular formula is C26H28FN5O3. The molecule has 0 radical (unpaired) electrons. The first-order chi connectivity index (χ1) is 17.0. The van der Waals surface area contributed by atoms with Crippen LogP contribution >= 0.6 is 0 Å². The maximum atomic E-state index is 13.3. The van der Waals surface area contributed by atoms with Gasteiger partial charge in [-0.25, -0.2) is 15.2 Å². The van der Waals surface area contributed by atoms with Gasteiger partial charge in [0.15, 0.2) is 0 Å². The molecule has 0 aliphatic carbocycles. The summed E-state index contributed by atoms with van der Waals surface area (Å²) in [6, 6.07) is 20.8. The standard InChI is InChI=1S/C26H28FN5O3/c1-34-21-7-3-5-17(13-21)16-28-26(30-25(33)19-6-4-8-22(14-19)35-2)29-24-15-23(31-32-24)18-9-11-20(27)12-10-18/h3-14,23-24,31-32H,15-16H2,1-2H3,(H2,28,29,30,33). The van der Waals surface area contributed by atoms with Crippen molar-refractivity contribution in [3.63, 3.8) is 0 Å². The Hall–Kier alpha value is -3.95. The number of hydrogen-bond donors (Lipinski definition) is 4. The average Bonchev–Trinajstić information content (AvgIpc) is 3.36. The van der Waals surface area contributed by atoms with Crippen LogP contribution in [0.1, 0.15) is 33.9 Å². The van der Waals surface area contributed by atoms with Gasteiger partial charge in [0.2, 0.25) is 5.96 Å². The van der Waals surface area contributed by atoms with Gasteiger partial charge in [0.1, 0.15) is 17.3 Å². The Labute approximate surface area is 203 Å². The summed E-state index contributed by atoms with van der Waals surface area (Å²) in [7, 11) is 3.16. The SMILES string of the molecule is COc1cccc(CN/C(=N/C(=O)c2cccc(OC)c2)NC2CC(c3ccc(F)cc3)NN2)c1. The van der Waals surface area contributed by atoms with Crippen molar-refractivity contribution in [1.82, 2.24) is 21.5 Å². The van der Waals surface area contributed by atoms with E-state index in [1.54, 1.807) is 50.6 Å². The lowest BCUT2D eigenvalue weighted by Crippen LogP contribution is -2.49. The Morgan fingerprint density at radius 3 is 2.46 bits per heavy atom. The lowest BCUT2D eigenvalue weighted by Gasteiger charge is -2.17. The van der Waals surface area contributed by atoms with Gasteiger partial charge in [-0.2, -0.15) is 4.99 Å². The molecule has 1 aliphatic heterocycles. The summed E-state index contributed by atoms with van der Waals surface area (Å²) in [5, 5.41) is 6.48. The monoisotopic (exact) mass is 477 g/mol. The molecule has 1 saturated heterocycles. The maximum Gasteiger partial charge on any atom is 0.280 e. The number of guanidine groups is 1. The van der Waals surface area contributed by atoms with Crippen LogP contribution in [0.2, 0.25) is 0 Å². The molecule has 3 aromatic carbocycles. The fourth-order valence-electron chi connectivity index (χ4n) is 3.74. The smallest absolute Gasteiger partial charge is 0.280 e. The van der Waals surface area contributed by atoms with Gasteiger partial charge in [0.25, 0.3) is 5.91 Å². The van der Waals surface area contributed by atoms with Gasteiger partial charge in [0, 0.05) is 24.6 Å². The molecule has 0 saturated carbocycles. The molecule has 0 aromatic heterocycles. The van der Waals surface area contributed by atoms with Crippen LogP contribution in [-0.2, 0) is 6.54 Å². The number of hydrazine groups is 1. The van der Waals surface area contributed by atoms with Crippen molar-refractivity contribution < 1.29 is 18.7 Å². The lowest BCUT2D eigenvalue weighted by molar-refractivity contribution is 0.100. The molecule has 1 amide bonds. The number of hydrogen-bond acceptors (Lipinski definition) is 5. The van der Waals surface area contributed by atoms with Crippen LogP contribution in [0.3, 0.4) is 0 Å². The van der Waals surface area contributed by atoms with E-state index in [-0.39, 0.29) is 18.0 Å². The Bertz CT molecular complexity index is 1190. The van der Waals surface area contributed by atoms with Crippen LogP contribution < -0.4 is 31.0 Å². The summed E-state index contributed by atoms with van der Waals surface area (Å²) in [5.74, 6) is 0.951. The third-order valence-electron chi connectivity index (χ3n) is 5.61. The van der Waals surface area contributed by atoms with Crippen LogP contribution in [0.25, 0.3) is 0 Å². The lowest BCUT2D eigenvalue weighted by atomic mass is 10.0. The van der Waals surface area contributed by atoms with Gasteiger partial charge in [-0.05, 0) is 53.6 Å². The second kappa shape index (κ2) is 11.5. The highest BCUT2D eigenvalue weighted by molar-refractivity contribution is 6.02. The predicted molar refractivity (Wildman–Crippen MR) is 132 cm³/mol. The van der Waals surface area contributed by atoms with E-state index in [2.05, 4.69) is 26.5 Å². The number of aliphatic imine (C=N–C) groups is 1. The van der Waals surface area contributed by atoms with Gasteiger partial charge < -0.3 is 20.1 Å². The minimum Gasteiger partial charge on any atom is -0.497 e. The molecule has 4 N–H and O–H groups in total. The van der Waals surface area contributed by atoms with Crippen molar-refractivity contribution in [3.8, 4) is 11.5 Å². The Morgan fingerprint density at radius 1 is 1.00 bits per heavy atom. The van der Waals surface area contributed by atoms with E-state index in [1.807, 2.05) is 24.3 Å². The fourth-order valence-corrected chi connectivity index (χ4v) is 3.74. The first kappa shape index (κ1) is 24.2. The van der Waals surface area contributed by atoms with Crippen molar-refractivity contribution in [2.45, 2.75) is 25.2 Å². The van der Waals surface area contributed by atoms with Gasteiger partial charge in [-0.15, -0.1) is 0 Å². The van der Waals surface area contributed by atoms with Crippen LogP contribution in [-0.4, -0.2) is 32.3 Å². The minimum absolute atomic E-state index is 0.0261. The van der Waals surface area contributed by atoms with Crippen molar-refractivity contribution in [2.24, 2.45) is 4.99 Å². The molecular weight excluding hydrogens is 449 g/mol. The Balaban J connectivity index is 1.49. The number of ether oxygens (including phenoxy) is 2. The summed E-state index contributed by atoms with van der Waals surface area (Å²) in [6.07, 6.45) is 0.429. The summed E-state index contributed by atoms with van der Waals surface area (Å²) >= 11 is 0. The molecule has 2 atom stereocenters. The van der Waals surface area contributed by atoms with Crippen molar-refractivity contribution in [3.05, 3.63) is 95.3 Å². The minimum atomic E-state index is -0.411. The summed E-state index contributed by atoms with van der Waals surface area (Å²) in [4.78, 5) is 17.2. The molecule has 1 fully saturated rings. The third-order valence-corrected chi connectivity index (χ3v) is 5.61. The molecule has 0 spiro atoms. The van der Waals surface area contributed by atoms with Crippen molar-refractivity contribution >= 4 is 11.9 Å². The topological polar surface area (TPSA) is 96.0 Å². The highest BCUT2D eigenvalue weighted by atomic mass is 19.1. The van der Waals surface area contributed by atoms with Crippen LogP contribution in [0, 0.1) is 5.82 Å². The van der Waals surface area contributed by atoms with E-state index in [9.17, 15) is 9.18 Å². The maximum absolute atomic E-state index is 13.3. The van der Waals surface area contributed by atoms with Crippen molar-refractivity contribution in [2.75, 3.05) is 14.2 Å². The third kappa shape index (κ3) is 6.56. The van der Waals surface area contributed by atoms with Crippen LogP contribution in [0.5, 0.6) is 11.5 Å². The van der Waals surface area contributed by atoms with Crippen LogP contribution in [0.15, 0.2) is 77.8 Å². The van der Waals surface area contributed by atoms with Gasteiger partial charge in [-0.1, -0.05) is 30.3 Å². The summed E-state index contributed by atoms with van der Waals surface area (Å²) in [5.41, 5.74) is 8.71. The Morgan fingerprint density at radius 2 is 1.71 bits per heavy atom. The van der Waals surface area contributed by atoms with Gasteiger partial charge in [-0.3, -0.25) is 4.79 Å². The molecule has 1 aliphatic rings. The van der Waals surface area contributed by atoms with E-state index in [4.69, 9.17) is 9.47 Å². The molecule has 182 valence electrons. The number of halogens is 1. The largest absolute Gasteiger partial charge is 0.497 e. The number of nitrogens with one attached hydrogen (secondary N) is 4. The number of amides is 1. The van der Waals surface area contributed by atoms with Gasteiger partial charge in [0.05, 0.1) is 20.4 Å². The first-order valence-electron chi connectivity index (χ1n) is 11.2. The van der Waals surface area contributed by atoms with Gasteiger partial charge >= 0.3 is 0 Å². The predicted octanol–water partition coefficient (Wildman–Crippen LogP) is 3.28. The van der Waals surface area contributed by atoms with E-state index in [0.717, 1.165) is 16.9 Å². The number of benzene rings is 3. The number of nitrogens with zero attached hydrogens (tertiary/aromatic N) is 1. The van der Waals surface area contributed by atoms with Crippen LogP contribution in [0.4, 0.5) is 4.39 Å². The molecule has 4 rings (SSSR count).